The molecule has 2 aromatic carbocycles. The zero-order valence-electron chi connectivity index (χ0n) is 16.9. The molecule has 0 radical (unpaired) electrons. The van der Waals surface area contributed by atoms with Gasteiger partial charge in [0.2, 0.25) is 10.0 Å². The van der Waals surface area contributed by atoms with E-state index in [9.17, 15) is 13.2 Å². The monoisotopic (exact) mass is 446 g/mol. The molecule has 5 nitrogen and oxygen atoms in total. The predicted octanol–water partition coefficient (Wildman–Crippen LogP) is 4.78. The van der Waals surface area contributed by atoms with Gasteiger partial charge in [-0.05, 0) is 54.8 Å². The highest BCUT2D eigenvalue weighted by molar-refractivity contribution is 7.89. The summed E-state index contributed by atoms with van der Waals surface area (Å²) < 4.78 is 27.4. The van der Waals surface area contributed by atoms with E-state index in [2.05, 4.69) is 11.9 Å². The molecule has 7 heteroatoms. The molecule has 0 saturated heterocycles. The number of nitrogens with one attached hydrogen (secondary N) is 1. The van der Waals surface area contributed by atoms with Crippen molar-refractivity contribution in [2.45, 2.75) is 49.6 Å². The average molecular weight is 447 g/mol. The van der Waals surface area contributed by atoms with Crippen LogP contribution < -0.4 is 5.32 Å². The third-order valence-corrected chi connectivity index (χ3v) is 7.38. The van der Waals surface area contributed by atoms with Crippen molar-refractivity contribution in [3.63, 3.8) is 0 Å². The SMILES string of the molecule is C=CCN(Cc1ccc(C(=O)NC2CCCCC2)cc1)S(=O)(=O)c1ccc(Cl)cc1. The summed E-state index contributed by atoms with van der Waals surface area (Å²) in [7, 11) is -3.70. The van der Waals surface area contributed by atoms with E-state index in [4.69, 9.17) is 11.6 Å². The molecule has 0 unspecified atom stereocenters. The fourth-order valence-electron chi connectivity index (χ4n) is 3.63. The first-order chi connectivity index (χ1) is 14.4. The number of halogens is 1. The molecule has 1 aliphatic carbocycles. The van der Waals surface area contributed by atoms with E-state index in [-0.39, 0.29) is 29.9 Å². The zero-order chi connectivity index (χ0) is 21.6. The molecule has 0 spiro atoms. The molecule has 1 aliphatic rings. The average Bonchev–Trinajstić information content (AvgIpc) is 2.75. The van der Waals surface area contributed by atoms with Crippen molar-refractivity contribution in [1.29, 1.82) is 0 Å². The summed E-state index contributed by atoms with van der Waals surface area (Å²) in [6, 6.07) is 13.4. The van der Waals surface area contributed by atoms with Crippen LogP contribution in [-0.2, 0) is 16.6 Å². The Kier molecular flexibility index (Phi) is 7.69. The Labute approximate surface area is 183 Å². The molecule has 0 bridgehead atoms. The minimum Gasteiger partial charge on any atom is -0.349 e. The number of benzene rings is 2. The minimum absolute atomic E-state index is 0.0785. The number of carbonyl (C=O) groups is 1. The highest BCUT2D eigenvalue weighted by Gasteiger charge is 2.24. The van der Waals surface area contributed by atoms with Gasteiger partial charge in [0, 0.05) is 29.7 Å². The topological polar surface area (TPSA) is 66.5 Å². The summed E-state index contributed by atoms with van der Waals surface area (Å²) in [5.74, 6) is -0.0785. The van der Waals surface area contributed by atoms with Crippen LogP contribution in [0.5, 0.6) is 0 Å². The van der Waals surface area contributed by atoms with Crippen molar-refractivity contribution in [3.05, 3.63) is 77.3 Å². The summed E-state index contributed by atoms with van der Waals surface area (Å²) in [5.41, 5.74) is 1.38. The maximum atomic E-state index is 13.0. The van der Waals surface area contributed by atoms with Crippen LogP contribution in [0.15, 0.2) is 66.1 Å². The van der Waals surface area contributed by atoms with Gasteiger partial charge in [-0.1, -0.05) is 49.1 Å². The van der Waals surface area contributed by atoms with Crippen molar-refractivity contribution >= 4 is 27.5 Å². The third kappa shape index (κ3) is 5.72. The molecule has 0 heterocycles. The molecule has 0 atom stereocenters. The summed E-state index contributed by atoms with van der Waals surface area (Å²) in [6.07, 6.45) is 7.17. The summed E-state index contributed by atoms with van der Waals surface area (Å²) >= 11 is 5.88. The lowest BCUT2D eigenvalue weighted by atomic mass is 9.95. The second kappa shape index (κ2) is 10.2. The Bertz CT molecular complexity index is 967. The molecule has 1 N–H and O–H groups in total. The van der Waals surface area contributed by atoms with Crippen LogP contribution in [0.2, 0.25) is 5.02 Å². The van der Waals surface area contributed by atoms with Gasteiger partial charge < -0.3 is 5.32 Å². The maximum Gasteiger partial charge on any atom is 0.251 e. The van der Waals surface area contributed by atoms with Gasteiger partial charge in [-0.25, -0.2) is 8.42 Å². The van der Waals surface area contributed by atoms with Crippen LogP contribution in [0.1, 0.15) is 48.0 Å². The van der Waals surface area contributed by atoms with Gasteiger partial charge >= 0.3 is 0 Å². The van der Waals surface area contributed by atoms with Crippen LogP contribution in [-0.4, -0.2) is 31.2 Å². The molecule has 2 aromatic rings. The highest BCUT2D eigenvalue weighted by atomic mass is 35.5. The lowest BCUT2D eigenvalue weighted by Gasteiger charge is -2.23. The smallest absolute Gasteiger partial charge is 0.251 e. The van der Waals surface area contributed by atoms with Gasteiger partial charge in [0.1, 0.15) is 0 Å². The first-order valence-corrected chi connectivity index (χ1v) is 12.0. The quantitative estimate of drug-likeness (QED) is 0.593. The second-order valence-electron chi connectivity index (χ2n) is 7.55. The largest absolute Gasteiger partial charge is 0.349 e. The number of hydrogen-bond acceptors (Lipinski definition) is 3. The molecule has 160 valence electrons. The number of carbonyl (C=O) groups excluding carboxylic acids is 1. The van der Waals surface area contributed by atoms with E-state index < -0.39 is 10.0 Å². The van der Waals surface area contributed by atoms with Crippen molar-refractivity contribution in [3.8, 4) is 0 Å². The molecule has 1 fully saturated rings. The van der Waals surface area contributed by atoms with Crippen LogP contribution >= 0.6 is 11.6 Å². The van der Waals surface area contributed by atoms with Gasteiger partial charge in [-0.15, -0.1) is 6.58 Å². The number of amides is 1. The van der Waals surface area contributed by atoms with Crippen molar-refractivity contribution < 1.29 is 13.2 Å². The van der Waals surface area contributed by atoms with Crippen LogP contribution in [0.3, 0.4) is 0 Å². The van der Waals surface area contributed by atoms with E-state index in [1.54, 1.807) is 42.5 Å². The number of sulfonamides is 1. The lowest BCUT2D eigenvalue weighted by Crippen LogP contribution is -2.36. The minimum atomic E-state index is -3.70. The first kappa shape index (κ1) is 22.5. The Morgan fingerprint density at radius 2 is 1.70 bits per heavy atom. The summed E-state index contributed by atoms with van der Waals surface area (Å²) in [5, 5.41) is 3.57. The van der Waals surface area contributed by atoms with Crippen molar-refractivity contribution in [1.82, 2.24) is 9.62 Å². The standard InChI is InChI=1S/C23H27ClN2O3S/c1-2-16-26(30(28,29)22-14-12-20(24)13-15-22)17-18-8-10-19(11-9-18)23(27)25-21-6-4-3-5-7-21/h2,8-15,21H,1,3-7,16-17H2,(H,25,27). The van der Waals surface area contributed by atoms with E-state index in [1.165, 1.54) is 22.9 Å². The molecule has 30 heavy (non-hydrogen) atoms. The Morgan fingerprint density at radius 1 is 1.07 bits per heavy atom. The highest BCUT2D eigenvalue weighted by Crippen LogP contribution is 2.21. The van der Waals surface area contributed by atoms with Crippen LogP contribution in [0, 0.1) is 0 Å². The number of hydrogen-bond donors (Lipinski definition) is 1. The van der Waals surface area contributed by atoms with Gasteiger partial charge in [0.05, 0.1) is 4.90 Å². The summed E-state index contributed by atoms with van der Waals surface area (Å²) in [4.78, 5) is 12.7. The summed E-state index contributed by atoms with van der Waals surface area (Å²) in [6.45, 7) is 4.03. The normalized spacial score (nSPS) is 15.1. The fraction of sp³-hybridized carbons (Fsp3) is 0.348. The predicted molar refractivity (Wildman–Crippen MR) is 120 cm³/mol. The fourth-order valence-corrected chi connectivity index (χ4v) is 5.15. The Hall–Kier alpha value is -2.15. The van der Waals surface area contributed by atoms with E-state index in [0.717, 1.165) is 31.2 Å². The molecule has 0 aliphatic heterocycles. The number of rotatable bonds is 8. The van der Waals surface area contributed by atoms with E-state index in [0.29, 0.717) is 10.6 Å². The van der Waals surface area contributed by atoms with Gasteiger partial charge in [0.15, 0.2) is 0 Å². The number of nitrogens with zero attached hydrogens (tertiary/aromatic N) is 1. The maximum absolute atomic E-state index is 13.0. The first-order valence-electron chi connectivity index (χ1n) is 10.2. The van der Waals surface area contributed by atoms with E-state index >= 15 is 0 Å². The van der Waals surface area contributed by atoms with Crippen LogP contribution in [0.4, 0.5) is 0 Å². The Balaban J connectivity index is 1.70. The molecule has 3 rings (SSSR count). The Morgan fingerprint density at radius 3 is 2.30 bits per heavy atom. The molecule has 0 aromatic heterocycles. The van der Waals surface area contributed by atoms with Crippen molar-refractivity contribution in [2.24, 2.45) is 0 Å². The van der Waals surface area contributed by atoms with Gasteiger partial charge in [-0.3, -0.25) is 4.79 Å². The second-order valence-corrected chi connectivity index (χ2v) is 9.92. The van der Waals surface area contributed by atoms with Gasteiger partial charge in [-0.2, -0.15) is 4.31 Å². The van der Waals surface area contributed by atoms with E-state index in [1.807, 2.05) is 0 Å². The molecule has 1 saturated carbocycles. The molecular formula is C23H27ClN2O3S. The zero-order valence-corrected chi connectivity index (χ0v) is 18.5. The third-order valence-electron chi connectivity index (χ3n) is 5.30. The van der Waals surface area contributed by atoms with Gasteiger partial charge in [0.25, 0.3) is 5.91 Å². The molecule has 1 amide bonds. The van der Waals surface area contributed by atoms with Crippen LogP contribution in [0.25, 0.3) is 0 Å². The molecular weight excluding hydrogens is 420 g/mol. The van der Waals surface area contributed by atoms with Crippen molar-refractivity contribution in [2.75, 3.05) is 6.54 Å². The lowest BCUT2D eigenvalue weighted by molar-refractivity contribution is 0.0927.